The van der Waals surface area contributed by atoms with Crippen molar-refractivity contribution >= 4 is 5.97 Å². The van der Waals surface area contributed by atoms with Crippen molar-refractivity contribution in [2.24, 2.45) is 11.8 Å². The Balaban J connectivity index is 2.45. The van der Waals surface area contributed by atoms with Crippen molar-refractivity contribution in [2.75, 3.05) is 20.7 Å². The van der Waals surface area contributed by atoms with Gasteiger partial charge in [0.1, 0.15) is 0 Å². The van der Waals surface area contributed by atoms with Gasteiger partial charge in [-0.25, -0.2) is 0 Å². The number of hydrogen-bond donors (Lipinski definition) is 0. The molecule has 0 spiro atoms. The lowest BCUT2D eigenvalue weighted by atomic mass is 10.1. The molecule has 6 nitrogen and oxygen atoms in total. The van der Waals surface area contributed by atoms with Gasteiger partial charge in [0, 0.05) is 13.0 Å². The quantitative estimate of drug-likeness (QED) is 0.699. The molecule has 0 N–H and O–H groups in total. The number of carbonyl (C=O) groups excluding carboxylic acids is 1. The first-order chi connectivity index (χ1) is 8.92. The molecule has 0 aromatic carbocycles. The number of ether oxygens (including phenoxy) is 1. The largest absolute Gasteiger partial charge is 0.469 e. The summed E-state index contributed by atoms with van der Waals surface area (Å²) in [6, 6.07) is 0. The second-order valence-electron chi connectivity index (χ2n) is 5.32. The van der Waals surface area contributed by atoms with Gasteiger partial charge < -0.3 is 9.26 Å². The number of rotatable bonds is 7. The number of esters is 1. The summed E-state index contributed by atoms with van der Waals surface area (Å²) in [7, 11) is 3.31. The average Bonchev–Trinajstić information content (AvgIpc) is 2.73. The Morgan fingerprint density at radius 3 is 2.68 bits per heavy atom. The molecule has 6 heteroatoms. The predicted octanol–water partition coefficient (Wildman–Crippen LogP) is 1.51. The summed E-state index contributed by atoms with van der Waals surface area (Å²) in [5, 5.41) is 3.94. The van der Waals surface area contributed by atoms with E-state index < -0.39 is 0 Å². The molecule has 1 rings (SSSR count). The van der Waals surface area contributed by atoms with Crippen molar-refractivity contribution in [1.82, 2.24) is 15.0 Å². The minimum atomic E-state index is -0.210. The first kappa shape index (κ1) is 15.6. The maximum Gasteiger partial charge on any atom is 0.309 e. The van der Waals surface area contributed by atoms with E-state index in [1.807, 2.05) is 18.9 Å². The van der Waals surface area contributed by atoms with Gasteiger partial charge in [0.05, 0.1) is 19.6 Å². The van der Waals surface area contributed by atoms with Crippen molar-refractivity contribution in [3.05, 3.63) is 11.7 Å². The van der Waals surface area contributed by atoms with Crippen LogP contribution >= 0.6 is 0 Å². The van der Waals surface area contributed by atoms with Crippen molar-refractivity contribution in [2.45, 2.75) is 33.7 Å². The molecule has 0 amide bonds. The maximum absolute atomic E-state index is 11.3. The van der Waals surface area contributed by atoms with Crippen LogP contribution in [0.2, 0.25) is 0 Å². The Morgan fingerprint density at radius 1 is 1.42 bits per heavy atom. The Labute approximate surface area is 114 Å². The molecule has 0 saturated heterocycles. The number of methoxy groups -OCH3 is 1. The first-order valence-electron chi connectivity index (χ1n) is 6.50. The fourth-order valence-electron chi connectivity index (χ4n) is 1.84. The summed E-state index contributed by atoms with van der Waals surface area (Å²) in [6.45, 7) is 7.18. The standard InChI is InChI=1S/C13H23N3O3/c1-9(2)6-11-14-12(19-15-11)8-16(4)7-10(3)13(17)18-5/h9-10H,6-8H2,1-5H3. The van der Waals surface area contributed by atoms with E-state index in [0.717, 1.165) is 12.2 Å². The van der Waals surface area contributed by atoms with Gasteiger partial charge in [0.25, 0.3) is 0 Å². The minimum absolute atomic E-state index is 0.173. The number of carbonyl (C=O) groups is 1. The smallest absolute Gasteiger partial charge is 0.309 e. The highest BCUT2D eigenvalue weighted by atomic mass is 16.5. The Kier molecular flexibility index (Phi) is 5.95. The highest BCUT2D eigenvalue weighted by molar-refractivity contribution is 5.71. The molecule has 19 heavy (non-hydrogen) atoms. The van der Waals surface area contributed by atoms with E-state index in [4.69, 9.17) is 9.26 Å². The van der Waals surface area contributed by atoms with E-state index in [2.05, 4.69) is 24.0 Å². The minimum Gasteiger partial charge on any atom is -0.469 e. The lowest BCUT2D eigenvalue weighted by Gasteiger charge is -2.17. The van der Waals surface area contributed by atoms with Crippen LogP contribution in [0.3, 0.4) is 0 Å². The zero-order valence-corrected chi connectivity index (χ0v) is 12.3. The van der Waals surface area contributed by atoms with Crippen LogP contribution in [-0.2, 0) is 22.5 Å². The summed E-state index contributed by atoms with van der Waals surface area (Å²) in [5.41, 5.74) is 0. The zero-order valence-electron chi connectivity index (χ0n) is 12.3. The normalized spacial score (nSPS) is 13.0. The number of hydrogen-bond acceptors (Lipinski definition) is 6. The van der Waals surface area contributed by atoms with Crippen molar-refractivity contribution in [3.63, 3.8) is 0 Å². The molecule has 0 aliphatic rings. The molecular weight excluding hydrogens is 246 g/mol. The van der Waals surface area contributed by atoms with Gasteiger partial charge in [-0.1, -0.05) is 25.9 Å². The predicted molar refractivity (Wildman–Crippen MR) is 70.4 cm³/mol. The molecule has 0 fully saturated rings. The highest BCUT2D eigenvalue weighted by Gasteiger charge is 2.17. The van der Waals surface area contributed by atoms with Gasteiger partial charge in [-0.3, -0.25) is 9.69 Å². The van der Waals surface area contributed by atoms with E-state index in [-0.39, 0.29) is 11.9 Å². The van der Waals surface area contributed by atoms with E-state index >= 15 is 0 Å². The molecule has 0 bridgehead atoms. The fraction of sp³-hybridized carbons (Fsp3) is 0.769. The molecule has 1 aromatic heterocycles. The zero-order chi connectivity index (χ0) is 14.4. The second kappa shape index (κ2) is 7.23. The van der Waals surface area contributed by atoms with Crippen LogP contribution in [0.5, 0.6) is 0 Å². The van der Waals surface area contributed by atoms with Crippen LogP contribution in [0.15, 0.2) is 4.52 Å². The summed E-state index contributed by atoms with van der Waals surface area (Å²) in [5.74, 6) is 1.43. The van der Waals surface area contributed by atoms with Gasteiger partial charge in [0.15, 0.2) is 5.82 Å². The van der Waals surface area contributed by atoms with Gasteiger partial charge >= 0.3 is 5.97 Å². The van der Waals surface area contributed by atoms with Crippen molar-refractivity contribution in [3.8, 4) is 0 Å². The number of nitrogens with zero attached hydrogens (tertiary/aromatic N) is 3. The molecular formula is C13H23N3O3. The molecule has 0 aliphatic heterocycles. The van der Waals surface area contributed by atoms with Crippen LogP contribution in [0.1, 0.15) is 32.5 Å². The second-order valence-corrected chi connectivity index (χ2v) is 5.32. The summed E-state index contributed by atoms with van der Waals surface area (Å²) in [6.07, 6.45) is 0.811. The van der Waals surface area contributed by atoms with Gasteiger partial charge in [-0.15, -0.1) is 0 Å². The summed E-state index contributed by atoms with van der Waals surface area (Å²) >= 11 is 0. The van der Waals surface area contributed by atoms with Crippen LogP contribution < -0.4 is 0 Å². The SMILES string of the molecule is COC(=O)C(C)CN(C)Cc1nc(CC(C)C)no1. The van der Waals surface area contributed by atoms with E-state index in [1.165, 1.54) is 7.11 Å². The summed E-state index contributed by atoms with van der Waals surface area (Å²) < 4.78 is 9.88. The van der Waals surface area contributed by atoms with Crippen LogP contribution in [0.25, 0.3) is 0 Å². The van der Waals surface area contributed by atoms with E-state index in [0.29, 0.717) is 24.9 Å². The average molecular weight is 269 g/mol. The lowest BCUT2D eigenvalue weighted by Crippen LogP contribution is -2.29. The van der Waals surface area contributed by atoms with Crippen molar-refractivity contribution in [1.29, 1.82) is 0 Å². The Bertz CT molecular complexity index is 404. The molecule has 0 radical (unpaired) electrons. The topological polar surface area (TPSA) is 68.5 Å². The lowest BCUT2D eigenvalue weighted by molar-refractivity contribution is -0.145. The Hall–Kier alpha value is -1.43. The van der Waals surface area contributed by atoms with Crippen molar-refractivity contribution < 1.29 is 14.1 Å². The third-order valence-electron chi connectivity index (χ3n) is 2.70. The van der Waals surface area contributed by atoms with Gasteiger partial charge in [0.2, 0.25) is 5.89 Å². The summed E-state index contributed by atoms with van der Waals surface area (Å²) in [4.78, 5) is 17.6. The molecule has 1 aromatic rings. The fourth-order valence-corrected chi connectivity index (χ4v) is 1.84. The third-order valence-corrected chi connectivity index (χ3v) is 2.70. The molecule has 1 atom stereocenters. The molecule has 0 saturated carbocycles. The van der Waals surface area contributed by atoms with Crippen LogP contribution in [-0.4, -0.2) is 41.7 Å². The van der Waals surface area contributed by atoms with E-state index in [9.17, 15) is 4.79 Å². The first-order valence-corrected chi connectivity index (χ1v) is 6.50. The van der Waals surface area contributed by atoms with Crippen LogP contribution in [0.4, 0.5) is 0 Å². The third kappa shape index (κ3) is 5.38. The molecule has 1 unspecified atom stereocenters. The maximum atomic E-state index is 11.3. The Morgan fingerprint density at radius 2 is 2.11 bits per heavy atom. The van der Waals surface area contributed by atoms with Gasteiger partial charge in [-0.2, -0.15) is 4.98 Å². The molecule has 108 valence electrons. The van der Waals surface area contributed by atoms with Gasteiger partial charge in [-0.05, 0) is 13.0 Å². The molecule has 1 heterocycles. The number of aromatic nitrogens is 2. The highest BCUT2D eigenvalue weighted by Crippen LogP contribution is 2.08. The monoisotopic (exact) mass is 269 g/mol. The van der Waals surface area contributed by atoms with E-state index in [1.54, 1.807) is 0 Å². The molecule has 0 aliphatic carbocycles. The van der Waals surface area contributed by atoms with Crippen LogP contribution in [0, 0.1) is 11.8 Å².